The molecular formula is C18H18N4. The number of nitrogens with zero attached hydrogens (tertiary/aromatic N) is 4. The van der Waals surface area contributed by atoms with E-state index in [0.29, 0.717) is 0 Å². The monoisotopic (exact) mass is 290 g/mol. The van der Waals surface area contributed by atoms with Crippen LogP contribution in [0.1, 0.15) is 5.56 Å². The zero-order valence-corrected chi connectivity index (χ0v) is 12.7. The molecule has 0 unspecified atom stereocenters. The summed E-state index contributed by atoms with van der Waals surface area (Å²) in [6.07, 6.45) is 5.45. The Morgan fingerprint density at radius 1 is 1.00 bits per heavy atom. The minimum absolute atomic E-state index is 0.835. The van der Waals surface area contributed by atoms with Crippen molar-refractivity contribution in [1.29, 1.82) is 0 Å². The fourth-order valence-corrected chi connectivity index (χ4v) is 2.17. The van der Waals surface area contributed by atoms with E-state index in [2.05, 4.69) is 39.3 Å². The first-order chi connectivity index (χ1) is 10.7. The van der Waals surface area contributed by atoms with Gasteiger partial charge in [-0.25, -0.2) is 9.66 Å². The van der Waals surface area contributed by atoms with Crippen LogP contribution in [0.25, 0.3) is 11.4 Å². The Morgan fingerprint density at radius 2 is 1.73 bits per heavy atom. The molecular weight excluding hydrogens is 272 g/mol. The maximum Gasteiger partial charge on any atom is 0.160 e. The third-order valence-electron chi connectivity index (χ3n) is 3.39. The van der Waals surface area contributed by atoms with Gasteiger partial charge in [-0.2, -0.15) is 5.10 Å². The van der Waals surface area contributed by atoms with Crippen LogP contribution in [0, 0.1) is 0 Å². The highest BCUT2D eigenvalue weighted by molar-refractivity contribution is 5.80. The quantitative estimate of drug-likeness (QED) is 0.689. The Kier molecular flexibility index (Phi) is 4.01. The lowest BCUT2D eigenvalue weighted by Crippen LogP contribution is -2.08. The summed E-state index contributed by atoms with van der Waals surface area (Å²) in [6, 6.07) is 18.3. The van der Waals surface area contributed by atoms with E-state index in [1.165, 1.54) is 5.69 Å². The van der Waals surface area contributed by atoms with Crippen LogP contribution < -0.4 is 4.90 Å². The summed E-state index contributed by atoms with van der Waals surface area (Å²) < 4.78 is 1.79. The molecule has 1 heterocycles. The fourth-order valence-electron chi connectivity index (χ4n) is 2.17. The lowest BCUT2D eigenvalue weighted by atomic mass is 10.2. The molecule has 3 rings (SSSR count). The van der Waals surface area contributed by atoms with E-state index in [0.717, 1.165) is 17.0 Å². The molecule has 0 spiro atoms. The Hall–Kier alpha value is -2.88. The van der Waals surface area contributed by atoms with E-state index in [4.69, 9.17) is 0 Å². The topological polar surface area (TPSA) is 33.4 Å². The van der Waals surface area contributed by atoms with Gasteiger partial charge in [0, 0.05) is 37.7 Å². The molecule has 0 amide bonds. The van der Waals surface area contributed by atoms with Crippen molar-refractivity contribution in [3.63, 3.8) is 0 Å². The molecule has 0 fully saturated rings. The average Bonchev–Trinajstić information content (AvgIpc) is 3.02. The smallest absolute Gasteiger partial charge is 0.160 e. The molecule has 0 aliphatic heterocycles. The van der Waals surface area contributed by atoms with Crippen LogP contribution >= 0.6 is 0 Å². The molecule has 4 nitrogen and oxygen atoms in total. The molecule has 0 N–H and O–H groups in total. The van der Waals surface area contributed by atoms with Crippen molar-refractivity contribution in [3.05, 3.63) is 72.6 Å². The van der Waals surface area contributed by atoms with Crippen molar-refractivity contribution < 1.29 is 0 Å². The van der Waals surface area contributed by atoms with Gasteiger partial charge in [0.2, 0.25) is 0 Å². The van der Waals surface area contributed by atoms with Gasteiger partial charge in [0.1, 0.15) is 0 Å². The van der Waals surface area contributed by atoms with Crippen molar-refractivity contribution in [3.8, 4) is 11.4 Å². The second-order valence-corrected chi connectivity index (χ2v) is 5.19. The normalized spacial score (nSPS) is 11.0. The van der Waals surface area contributed by atoms with Gasteiger partial charge < -0.3 is 4.90 Å². The van der Waals surface area contributed by atoms with Crippen molar-refractivity contribution in [1.82, 2.24) is 9.66 Å². The van der Waals surface area contributed by atoms with Crippen LogP contribution in [0.15, 0.2) is 72.1 Å². The molecule has 110 valence electrons. The molecule has 0 saturated heterocycles. The number of benzene rings is 2. The van der Waals surface area contributed by atoms with Crippen LogP contribution in [0.3, 0.4) is 0 Å². The Balaban J connectivity index is 1.83. The van der Waals surface area contributed by atoms with E-state index in [1.807, 2.05) is 56.8 Å². The van der Waals surface area contributed by atoms with E-state index in [9.17, 15) is 0 Å². The summed E-state index contributed by atoms with van der Waals surface area (Å²) in [5, 5.41) is 4.50. The van der Waals surface area contributed by atoms with Gasteiger partial charge in [0.15, 0.2) is 5.82 Å². The lowest BCUT2D eigenvalue weighted by molar-refractivity contribution is 0.893. The minimum atomic E-state index is 0.835. The third kappa shape index (κ3) is 3.06. The minimum Gasteiger partial charge on any atom is -0.378 e. The number of anilines is 1. The van der Waals surface area contributed by atoms with E-state index in [1.54, 1.807) is 10.9 Å². The van der Waals surface area contributed by atoms with Crippen molar-refractivity contribution in [2.45, 2.75) is 0 Å². The van der Waals surface area contributed by atoms with Gasteiger partial charge in [-0.15, -0.1) is 0 Å². The second kappa shape index (κ2) is 6.26. The largest absolute Gasteiger partial charge is 0.378 e. The highest BCUT2D eigenvalue weighted by Crippen LogP contribution is 2.16. The van der Waals surface area contributed by atoms with Gasteiger partial charge in [-0.1, -0.05) is 42.5 Å². The van der Waals surface area contributed by atoms with Crippen molar-refractivity contribution in [2.75, 3.05) is 19.0 Å². The molecule has 2 aromatic carbocycles. The summed E-state index contributed by atoms with van der Waals surface area (Å²) in [6.45, 7) is 0. The SMILES string of the molecule is CN(C)c1ccc(C=Nn2ccnc2-c2ccccc2)cc1. The third-order valence-corrected chi connectivity index (χ3v) is 3.39. The predicted octanol–water partition coefficient (Wildman–Crippen LogP) is 3.50. The molecule has 0 aliphatic rings. The van der Waals surface area contributed by atoms with E-state index < -0.39 is 0 Å². The van der Waals surface area contributed by atoms with Gasteiger partial charge in [0.25, 0.3) is 0 Å². The van der Waals surface area contributed by atoms with Crippen LogP contribution in [0.4, 0.5) is 5.69 Å². The summed E-state index contributed by atoms with van der Waals surface area (Å²) >= 11 is 0. The summed E-state index contributed by atoms with van der Waals surface area (Å²) in [5.74, 6) is 0.835. The molecule has 4 heteroatoms. The van der Waals surface area contributed by atoms with Crippen LogP contribution in [0.2, 0.25) is 0 Å². The molecule has 0 radical (unpaired) electrons. The van der Waals surface area contributed by atoms with Crippen molar-refractivity contribution in [2.24, 2.45) is 5.10 Å². The van der Waals surface area contributed by atoms with Crippen LogP contribution in [-0.2, 0) is 0 Å². The van der Waals surface area contributed by atoms with Crippen molar-refractivity contribution >= 4 is 11.9 Å². The zero-order chi connectivity index (χ0) is 15.4. The lowest BCUT2D eigenvalue weighted by Gasteiger charge is -2.11. The molecule has 1 aromatic heterocycles. The van der Waals surface area contributed by atoms with Gasteiger partial charge in [-0.05, 0) is 17.7 Å². The van der Waals surface area contributed by atoms with Crippen LogP contribution in [-0.4, -0.2) is 30.0 Å². The number of aromatic nitrogens is 2. The summed E-state index contributed by atoms with van der Waals surface area (Å²) in [5.41, 5.74) is 3.27. The number of hydrogen-bond acceptors (Lipinski definition) is 3. The highest BCUT2D eigenvalue weighted by atomic mass is 15.4. The summed E-state index contributed by atoms with van der Waals surface area (Å²) in [7, 11) is 4.06. The first-order valence-corrected chi connectivity index (χ1v) is 7.14. The number of hydrogen-bond donors (Lipinski definition) is 0. The second-order valence-electron chi connectivity index (χ2n) is 5.19. The van der Waals surface area contributed by atoms with Crippen LogP contribution in [0.5, 0.6) is 0 Å². The number of imidazole rings is 1. The van der Waals surface area contributed by atoms with Gasteiger partial charge in [-0.3, -0.25) is 0 Å². The summed E-state index contributed by atoms with van der Waals surface area (Å²) in [4.78, 5) is 6.45. The fraction of sp³-hybridized carbons (Fsp3) is 0.111. The molecule has 0 saturated carbocycles. The molecule has 3 aromatic rings. The standard InChI is InChI=1S/C18H18N4/c1-21(2)17-10-8-15(9-11-17)14-20-22-13-12-19-18(22)16-6-4-3-5-7-16/h3-14H,1-2H3. The maximum atomic E-state index is 4.50. The van der Waals surface area contributed by atoms with Gasteiger partial charge >= 0.3 is 0 Å². The maximum absolute atomic E-state index is 4.50. The molecule has 0 atom stereocenters. The van der Waals surface area contributed by atoms with E-state index in [-0.39, 0.29) is 0 Å². The Morgan fingerprint density at radius 3 is 2.41 bits per heavy atom. The first-order valence-electron chi connectivity index (χ1n) is 7.14. The molecule has 0 aliphatic carbocycles. The first kappa shape index (κ1) is 14.1. The van der Waals surface area contributed by atoms with E-state index >= 15 is 0 Å². The average molecular weight is 290 g/mol. The Labute approximate surface area is 130 Å². The molecule has 0 bridgehead atoms. The predicted molar refractivity (Wildman–Crippen MR) is 91.4 cm³/mol. The zero-order valence-electron chi connectivity index (χ0n) is 12.7. The number of rotatable bonds is 4. The molecule has 22 heavy (non-hydrogen) atoms. The Bertz CT molecular complexity index is 755. The van der Waals surface area contributed by atoms with Gasteiger partial charge in [0.05, 0.1) is 6.21 Å². The highest BCUT2D eigenvalue weighted by Gasteiger charge is 2.03.